The van der Waals surface area contributed by atoms with Crippen LogP contribution in [0.1, 0.15) is 0 Å². The Morgan fingerprint density at radius 3 is 1.75 bits per heavy atom. The Kier molecular flexibility index (Phi) is 6.18. The second-order valence-corrected chi connectivity index (χ2v) is 13.2. The summed E-state index contributed by atoms with van der Waals surface area (Å²) in [6.45, 7) is 0. The minimum absolute atomic E-state index is 0.549. The average molecular weight is 665 g/mol. The largest absolute Gasteiger partial charge is 0.455 e. The molecule has 11 aromatic rings. The number of aromatic nitrogens is 4. The van der Waals surface area contributed by atoms with Crippen molar-refractivity contribution in [3.63, 3.8) is 0 Å². The summed E-state index contributed by atoms with van der Waals surface area (Å²) < 4.78 is 8.81. The molecule has 0 saturated carbocycles. The first-order valence-electron chi connectivity index (χ1n) is 17.5. The number of hydrogen-bond donors (Lipinski definition) is 0. The van der Waals surface area contributed by atoms with Crippen LogP contribution in [0.15, 0.2) is 174 Å². The number of furan rings is 1. The summed E-state index contributed by atoms with van der Waals surface area (Å²) >= 11 is 0. The molecule has 5 nitrogen and oxygen atoms in total. The van der Waals surface area contributed by atoms with Gasteiger partial charge in [0.15, 0.2) is 11.6 Å². The summed E-state index contributed by atoms with van der Waals surface area (Å²) in [5.41, 5.74) is 7.73. The van der Waals surface area contributed by atoms with Crippen LogP contribution in [0.4, 0.5) is 0 Å². The van der Waals surface area contributed by atoms with E-state index >= 15 is 0 Å². The van der Waals surface area contributed by atoms with Gasteiger partial charge in [-0.05, 0) is 56.9 Å². The van der Waals surface area contributed by atoms with Gasteiger partial charge in [-0.2, -0.15) is 9.97 Å². The van der Waals surface area contributed by atoms with E-state index < -0.39 is 0 Å². The minimum atomic E-state index is 0.549. The first-order valence-corrected chi connectivity index (χ1v) is 17.5. The number of rotatable bonds is 4. The smallest absolute Gasteiger partial charge is 0.238 e. The molecule has 0 aliphatic carbocycles. The van der Waals surface area contributed by atoms with Gasteiger partial charge in [0, 0.05) is 27.1 Å². The van der Waals surface area contributed by atoms with E-state index in [-0.39, 0.29) is 0 Å². The first-order chi connectivity index (χ1) is 25.8. The summed E-state index contributed by atoms with van der Waals surface area (Å²) in [7, 11) is 0. The Balaban J connectivity index is 1.20. The predicted molar refractivity (Wildman–Crippen MR) is 213 cm³/mol. The van der Waals surface area contributed by atoms with Gasteiger partial charge in [-0.15, -0.1) is 0 Å². The summed E-state index contributed by atoms with van der Waals surface area (Å²) in [5, 5.41) is 8.93. The van der Waals surface area contributed by atoms with Gasteiger partial charge >= 0.3 is 0 Å². The van der Waals surface area contributed by atoms with Crippen molar-refractivity contribution in [1.29, 1.82) is 0 Å². The molecule has 5 heteroatoms. The third-order valence-corrected chi connectivity index (χ3v) is 10.3. The van der Waals surface area contributed by atoms with Crippen LogP contribution in [-0.2, 0) is 0 Å². The topological polar surface area (TPSA) is 56.7 Å². The molecule has 0 atom stereocenters. The van der Waals surface area contributed by atoms with Crippen LogP contribution in [0.25, 0.3) is 105 Å². The fraction of sp³-hybridized carbons (Fsp3) is 0. The Bertz CT molecular complexity index is 3130. The van der Waals surface area contributed by atoms with Gasteiger partial charge in [0.25, 0.3) is 0 Å². The third-order valence-electron chi connectivity index (χ3n) is 10.3. The normalized spacial score (nSPS) is 11.8. The zero-order valence-electron chi connectivity index (χ0n) is 27.9. The highest BCUT2D eigenvalue weighted by molar-refractivity contribution is 6.17. The maximum absolute atomic E-state index is 6.66. The molecule has 0 radical (unpaired) electrons. The van der Waals surface area contributed by atoms with Crippen molar-refractivity contribution in [2.24, 2.45) is 0 Å². The quantitative estimate of drug-likeness (QED) is 0.188. The Morgan fingerprint density at radius 2 is 0.981 bits per heavy atom. The van der Waals surface area contributed by atoms with Crippen molar-refractivity contribution in [1.82, 2.24) is 19.5 Å². The van der Waals surface area contributed by atoms with E-state index in [0.717, 1.165) is 71.2 Å². The van der Waals surface area contributed by atoms with E-state index in [1.807, 2.05) is 12.1 Å². The molecule has 0 amide bonds. The molecular formula is C47H28N4O. The van der Waals surface area contributed by atoms with Crippen LogP contribution >= 0.6 is 0 Å². The average Bonchev–Trinajstić information content (AvgIpc) is 3.75. The van der Waals surface area contributed by atoms with Crippen LogP contribution in [0, 0.1) is 0 Å². The maximum Gasteiger partial charge on any atom is 0.238 e. The highest BCUT2D eigenvalue weighted by atomic mass is 16.3. The molecule has 0 unspecified atom stereocenters. The van der Waals surface area contributed by atoms with E-state index in [1.165, 1.54) is 16.3 Å². The second-order valence-electron chi connectivity index (χ2n) is 13.2. The molecule has 0 saturated heterocycles. The molecular weight excluding hydrogens is 637 g/mol. The van der Waals surface area contributed by atoms with Crippen molar-refractivity contribution in [2.45, 2.75) is 0 Å². The molecule has 0 N–H and O–H groups in total. The summed E-state index contributed by atoms with van der Waals surface area (Å²) in [6, 6.07) is 59.2. The highest BCUT2D eigenvalue weighted by Gasteiger charge is 2.22. The molecule has 52 heavy (non-hydrogen) atoms. The summed E-state index contributed by atoms with van der Waals surface area (Å²) in [6.07, 6.45) is 0. The van der Waals surface area contributed by atoms with E-state index in [9.17, 15) is 0 Å². The Hall–Kier alpha value is -7.11. The van der Waals surface area contributed by atoms with Gasteiger partial charge < -0.3 is 4.42 Å². The molecule has 0 fully saturated rings. The van der Waals surface area contributed by atoms with Gasteiger partial charge in [-0.3, -0.25) is 4.57 Å². The monoisotopic (exact) mass is 664 g/mol. The number of benzene rings is 8. The van der Waals surface area contributed by atoms with Crippen LogP contribution in [0.5, 0.6) is 0 Å². The van der Waals surface area contributed by atoms with Crippen molar-refractivity contribution in [3.8, 4) is 39.9 Å². The maximum atomic E-state index is 6.66. The fourth-order valence-corrected chi connectivity index (χ4v) is 7.86. The van der Waals surface area contributed by atoms with E-state index in [4.69, 9.17) is 19.4 Å². The number of nitrogens with zero attached hydrogens (tertiary/aromatic N) is 4. The van der Waals surface area contributed by atoms with Gasteiger partial charge in [-0.25, -0.2) is 4.98 Å². The molecule has 3 heterocycles. The molecule has 0 aliphatic heterocycles. The highest BCUT2D eigenvalue weighted by Crippen LogP contribution is 2.41. The summed E-state index contributed by atoms with van der Waals surface area (Å²) in [5.74, 6) is 1.69. The Labute approximate surface area is 298 Å². The lowest BCUT2D eigenvalue weighted by molar-refractivity contribution is 0.670. The zero-order valence-corrected chi connectivity index (χ0v) is 27.9. The number of para-hydroxylation sites is 3. The van der Waals surface area contributed by atoms with Crippen LogP contribution in [-0.4, -0.2) is 19.5 Å². The van der Waals surface area contributed by atoms with Crippen molar-refractivity contribution in [2.75, 3.05) is 0 Å². The minimum Gasteiger partial charge on any atom is -0.455 e. The zero-order chi connectivity index (χ0) is 34.2. The molecule has 0 aliphatic rings. The van der Waals surface area contributed by atoms with E-state index in [2.05, 4.69) is 162 Å². The van der Waals surface area contributed by atoms with Crippen molar-refractivity contribution >= 4 is 65.3 Å². The van der Waals surface area contributed by atoms with Crippen LogP contribution in [0.3, 0.4) is 0 Å². The standard InChI is InChI=1S/C47H28N4O/c1-3-15-33-29(12-1)14-11-20-34(33)30-24-26-31(27-25-30)45-48-46(50-47(49-45)51-40-21-8-5-17-36(40)37-18-6-9-22-41(37)51)43-35-16-4-2-13-32(35)28-39-38-19-7-10-23-42(38)52-44(39)43/h1-28H. The lowest BCUT2D eigenvalue weighted by Crippen LogP contribution is -2.06. The molecule has 11 rings (SSSR count). The number of fused-ring (bicyclic) bond motifs is 8. The molecule has 8 aromatic carbocycles. The van der Waals surface area contributed by atoms with Crippen LogP contribution in [0.2, 0.25) is 0 Å². The predicted octanol–water partition coefficient (Wildman–Crippen LogP) is 12.2. The van der Waals surface area contributed by atoms with Crippen molar-refractivity contribution < 1.29 is 4.42 Å². The lowest BCUT2D eigenvalue weighted by atomic mass is 9.97. The van der Waals surface area contributed by atoms with Crippen LogP contribution < -0.4 is 0 Å². The van der Waals surface area contributed by atoms with Gasteiger partial charge in [0.05, 0.1) is 16.6 Å². The lowest BCUT2D eigenvalue weighted by Gasteiger charge is -2.13. The van der Waals surface area contributed by atoms with E-state index in [1.54, 1.807) is 0 Å². The number of hydrogen-bond acceptors (Lipinski definition) is 4. The molecule has 242 valence electrons. The molecule has 0 spiro atoms. The van der Waals surface area contributed by atoms with Crippen molar-refractivity contribution in [3.05, 3.63) is 170 Å². The summed E-state index contributed by atoms with van der Waals surface area (Å²) in [4.78, 5) is 15.8. The molecule has 0 bridgehead atoms. The Morgan fingerprint density at radius 1 is 0.404 bits per heavy atom. The third kappa shape index (κ3) is 4.33. The second kappa shape index (κ2) is 11.2. The van der Waals surface area contributed by atoms with Gasteiger partial charge in [0.1, 0.15) is 11.2 Å². The van der Waals surface area contributed by atoms with E-state index in [0.29, 0.717) is 17.6 Å². The SMILES string of the molecule is c1ccc2c(-c3ccc(-c4nc(-c5c6ccccc6cc6c5oc5ccccc56)nc(-n5c6ccccc6c6ccccc65)n4)cc3)cccc2c1. The first kappa shape index (κ1) is 28.7. The molecule has 3 aromatic heterocycles. The van der Waals surface area contributed by atoms with Gasteiger partial charge in [0.2, 0.25) is 5.95 Å². The van der Waals surface area contributed by atoms with Gasteiger partial charge in [-0.1, -0.05) is 146 Å². The fourth-order valence-electron chi connectivity index (χ4n) is 7.86.